The van der Waals surface area contributed by atoms with Crippen molar-refractivity contribution in [3.05, 3.63) is 0 Å². The monoisotopic (exact) mass is 391 g/mol. The van der Waals surface area contributed by atoms with E-state index in [9.17, 15) is 9.59 Å². The molecule has 0 aliphatic rings. The van der Waals surface area contributed by atoms with Gasteiger partial charge in [0.05, 0.1) is 6.61 Å². The van der Waals surface area contributed by atoms with Crippen molar-refractivity contribution in [1.82, 2.24) is 0 Å². The molecule has 0 amide bonds. The molecule has 0 aromatic carbocycles. The van der Waals surface area contributed by atoms with Gasteiger partial charge in [-0.15, -0.1) is 15.9 Å². The quantitative estimate of drug-likeness (QED) is 0.405. The summed E-state index contributed by atoms with van der Waals surface area (Å²) in [6.07, 6.45) is 1.67. The predicted octanol–water partition coefficient (Wildman–Crippen LogP) is 0.810. The maximum atomic E-state index is 10.6. The van der Waals surface area contributed by atoms with E-state index in [0.29, 0.717) is 6.61 Å². The van der Waals surface area contributed by atoms with Crippen LogP contribution in [0, 0.1) is 0 Å². The van der Waals surface area contributed by atoms with Crippen LogP contribution in [0.3, 0.4) is 0 Å². The Labute approximate surface area is 88.3 Å². The van der Waals surface area contributed by atoms with Crippen LogP contribution in [-0.4, -0.2) is 23.7 Å². The first-order valence-corrected chi connectivity index (χ1v) is 3.79. The molecule has 5 heteroatoms. The summed E-state index contributed by atoms with van der Waals surface area (Å²) in [4.78, 5) is 19.9. The number of halogens is 1. The average molecular weight is 392 g/mol. The number of rotatable bonds is 4. The summed E-state index contributed by atoms with van der Waals surface area (Å²) >= 11 is 2.92. The standard InChI is InChI=1S/C6H8BrO3.W/c1-2-10-6(9)3-5(7)4-8;/h5H,2-3H2,1H3;/q-1;. The van der Waals surface area contributed by atoms with E-state index in [0.717, 1.165) is 0 Å². The first-order chi connectivity index (χ1) is 4.70. The van der Waals surface area contributed by atoms with Crippen LogP contribution in [-0.2, 0) is 35.4 Å². The average Bonchev–Trinajstić information content (AvgIpc) is 1.88. The second-order valence-electron chi connectivity index (χ2n) is 1.59. The molecule has 0 spiro atoms. The Hall–Kier alpha value is 0.308. The fourth-order valence-electron chi connectivity index (χ4n) is 0.408. The van der Waals surface area contributed by atoms with Crippen molar-refractivity contribution in [3.8, 4) is 0 Å². The van der Waals surface area contributed by atoms with Gasteiger partial charge in [0.2, 0.25) is 0 Å². The molecule has 64 valence electrons. The van der Waals surface area contributed by atoms with Gasteiger partial charge in [0.15, 0.2) is 0 Å². The first-order valence-electron chi connectivity index (χ1n) is 2.88. The summed E-state index contributed by atoms with van der Waals surface area (Å²) in [5.41, 5.74) is 0. The molecule has 0 rings (SSSR count). The zero-order valence-corrected chi connectivity index (χ0v) is 10.5. The molecule has 0 saturated heterocycles. The van der Waals surface area contributed by atoms with Gasteiger partial charge in [0.1, 0.15) is 0 Å². The van der Waals surface area contributed by atoms with Crippen LogP contribution < -0.4 is 0 Å². The number of carbonyl (C=O) groups is 1. The summed E-state index contributed by atoms with van der Waals surface area (Å²) in [6, 6.07) is 0. The van der Waals surface area contributed by atoms with Crippen LogP contribution in [0.25, 0.3) is 0 Å². The van der Waals surface area contributed by atoms with Crippen molar-refractivity contribution >= 4 is 28.2 Å². The summed E-state index contributed by atoms with van der Waals surface area (Å²) in [5.74, 6) is -0.382. The molecular formula is C6H8BrO3W-. The Morgan fingerprint density at radius 3 is 2.64 bits per heavy atom. The Balaban J connectivity index is 0. The van der Waals surface area contributed by atoms with Crippen molar-refractivity contribution < 1.29 is 35.4 Å². The van der Waals surface area contributed by atoms with Crippen molar-refractivity contribution in [3.63, 3.8) is 0 Å². The van der Waals surface area contributed by atoms with E-state index < -0.39 is 4.83 Å². The molecular weight excluding hydrogens is 384 g/mol. The summed E-state index contributed by atoms with van der Waals surface area (Å²) in [5, 5.41) is 0. The first kappa shape index (κ1) is 13.9. The molecule has 0 saturated carbocycles. The van der Waals surface area contributed by atoms with Crippen LogP contribution in [0.1, 0.15) is 13.3 Å². The summed E-state index contributed by atoms with van der Waals surface area (Å²) < 4.78 is 4.57. The molecule has 0 heterocycles. The zero-order chi connectivity index (χ0) is 7.98. The van der Waals surface area contributed by atoms with Gasteiger partial charge >= 0.3 is 5.97 Å². The van der Waals surface area contributed by atoms with E-state index in [4.69, 9.17) is 0 Å². The fourth-order valence-corrected chi connectivity index (χ4v) is 0.672. The Bertz CT molecular complexity index is 129. The predicted molar refractivity (Wildman–Crippen MR) is 39.7 cm³/mol. The molecule has 11 heavy (non-hydrogen) atoms. The van der Waals surface area contributed by atoms with Gasteiger partial charge < -0.3 is 9.53 Å². The topological polar surface area (TPSA) is 43.4 Å². The van der Waals surface area contributed by atoms with Crippen LogP contribution in [0.2, 0.25) is 0 Å². The van der Waals surface area contributed by atoms with Crippen LogP contribution in [0.15, 0.2) is 0 Å². The molecule has 0 aromatic rings. The molecule has 3 nitrogen and oxygen atoms in total. The van der Waals surface area contributed by atoms with E-state index in [1.807, 2.05) is 0 Å². The fraction of sp³-hybridized carbons (Fsp3) is 0.667. The molecule has 0 aromatic heterocycles. The van der Waals surface area contributed by atoms with Gasteiger partial charge in [0.25, 0.3) is 0 Å². The number of ether oxygens (including phenoxy) is 1. The number of carbonyl (C=O) groups excluding carboxylic acids is 2. The van der Waals surface area contributed by atoms with E-state index in [2.05, 4.69) is 20.7 Å². The van der Waals surface area contributed by atoms with Gasteiger partial charge in [-0.2, -0.15) is 0 Å². The number of hydrogen-bond acceptors (Lipinski definition) is 3. The van der Waals surface area contributed by atoms with E-state index in [1.165, 1.54) is 0 Å². The maximum absolute atomic E-state index is 10.6. The van der Waals surface area contributed by atoms with E-state index >= 15 is 0 Å². The third-order valence-corrected chi connectivity index (χ3v) is 1.29. The zero-order valence-electron chi connectivity index (χ0n) is 6.00. The molecule has 0 radical (unpaired) electrons. The molecule has 1 atom stereocenters. The Kier molecular flexibility index (Phi) is 10.6. The SMILES string of the molecule is CCOC(=O)CC(Br)[C-]=O.[W]. The molecule has 0 aliphatic carbocycles. The molecule has 0 fully saturated rings. The van der Waals surface area contributed by atoms with Gasteiger partial charge in [0, 0.05) is 27.5 Å². The number of esters is 1. The smallest absolute Gasteiger partial charge is 0.304 e. The normalized spacial score (nSPS) is 11.1. The largest absolute Gasteiger partial charge is 0.541 e. The summed E-state index contributed by atoms with van der Waals surface area (Å²) in [6.45, 7) is 2.06. The molecule has 0 N–H and O–H groups in total. The van der Waals surface area contributed by atoms with Crippen LogP contribution in [0.5, 0.6) is 0 Å². The number of alkyl halides is 1. The third kappa shape index (κ3) is 8.21. The minimum absolute atomic E-state index is 0. The second-order valence-corrected chi connectivity index (χ2v) is 2.70. The number of hydrogen-bond donors (Lipinski definition) is 0. The van der Waals surface area contributed by atoms with Crippen molar-refractivity contribution in [2.75, 3.05) is 6.61 Å². The van der Waals surface area contributed by atoms with Crippen molar-refractivity contribution in [2.45, 2.75) is 18.2 Å². The third-order valence-electron chi connectivity index (χ3n) is 0.779. The van der Waals surface area contributed by atoms with E-state index in [1.54, 1.807) is 13.2 Å². The molecule has 1 unspecified atom stereocenters. The second kappa shape index (κ2) is 8.41. The van der Waals surface area contributed by atoms with E-state index in [-0.39, 0.29) is 33.5 Å². The van der Waals surface area contributed by atoms with Crippen LogP contribution >= 0.6 is 15.9 Å². The molecule has 0 aliphatic heterocycles. The maximum Gasteiger partial charge on any atom is 0.304 e. The van der Waals surface area contributed by atoms with Crippen molar-refractivity contribution in [2.24, 2.45) is 0 Å². The van der Waals surface area contributed by atoms with Gasteiger partial charge in [-0.25, -0.2) is 6.29 Å². The molecule has 0 bridgehead atoms. The van der Waals surface area contributed by atoms with Crippen molar-refractivity contribution in [1.29, 1.82) is 0 Å². The Morgan fingerprint density at radius 2 is 2.27 bits per heavy atom. The minimum atomic E-state index is -0.536. The summed E-state index contributed by atoms with van der Waals surface area (Å²) in [7, 11) is 0. The van der Waals surface area contributed by atoms with Gasteiger partial charge in [-0.05, 0) is 6.92 Å². The van der Waals surface area contributed by atoms with Gasteiger partial charge in [-0.1, -0.05) is 4.83 Å². The Morgan fingerprint density at radius 1 is 1.73 bits per heavy atom. The van der Waals surface area contributed by atoms with Gasteiger partial charge in [-0.3, -0.25) is 4.79 Å². The van der Waals surface area contributed by atoms with Crippen LogP contribution in [0.4, 0.5) is 0 Å². The minimum Gasteiger partial charge on any atom is -0.541 e.